The molecule has 2 fully saturated rings. The number of hydrogen-bond acceptors (Lipinski definition) is 2. The summed E-state index contributed by atoms with van der Waals surface area (Å²) in [6, 6.07) is 0.395. The minimum atomic E-state index is 0.318. The number of aliphatic hydroxyl groups is 1. The van der Waals surface area contributed by atoms with Crippen molar-refractivity contribution in [3.05, 3.63) is 0 Å². The number of nitrogens with one attached hydrogen (secondary N) is 1. The molecule has 2 nitrogen and oxygen atoms in total. The van der Waals surface area contributed by atoms with Gasteiger partial charge in [0.2, 0.25) is 0 Å². The van der Waals surface area contributed by atoms with E-state index in [-0.39, 0.29) is 0 Å². The van der Waals surface area contributed by atoms with Crippen molar-refractivity contribution in [1.29, 1.82) is 0 Å². The standard InChI is InChI=1S/C9H17NO/c1-2-7-3-9(7)4-8(5-11)10-6-9/h7-8,10-11H,2-6H2,1H3/t7-,8?,9?/m1/s1. The molecule has 2 heteroatoms. The van der Waals surface area contributed by atoms with Crippen LogP contribution < -0.4 is 5.32 Å². The third kappa shape index (κ3) is 1.09. The molecular formula is C9H17NO. The van der Waals surface area contributed by atoms with Crippen LogP contribution in [0.4, 0.5) is 0 Å². The molecule has 1 saturated heterocycles. The van der Waals surface area contributed by atoms with Gasteiger partial charge < -0.3 is 10.4 Å². The SMILES string of the molecule is CC[C@@H]1CC12CNC(CO)C2. The lowest BCUT2D eigenvalue weighted by atomic mass is 9.99. The highest BCUT2D eigenvalue weighted by Crippen LogP contribution is 2.59. The van der Waals surface area contributed by atoms with Gasteiger partial charge in [-0.1, -0.05) is 13.3 Å². The van der Waals surface area contributed by atoms with Gasteiger partial charge in [0.15, 0.2) is 0 Å². The average molecular weight is 155 g/mol. The molecule has 2 aliphatic rings. The Morgan fingerprint density at radius 1 is 1.55 bits per heavy atom. The van der Waals surface area contributed by atoms with E-state index >= 15 is 0 Å². The van der Waals surface area contributed by atoms with E-state index in [0.717, 1.165) is 12.5 Å². The fourth-order valence-corrected chi connectivity index (χ4v) is 2.59. The summed E-state index contributed by atoms with van der Waals surface area (Å²) in [5.74, 6) is 0.951. The number of aliphatic hydroxyl groups excluding tert-OH is 1. The molecule has 0 aromatic carbocycles. The molecule has 1 aliphatic carbocycles. The van der Waals surface area contributed by atoms with Crippen LogP contribution in [0.3, 0.4) is 0 Å². The van der Waals surface area contributed by atoms with E-state index in [0.29, 0.717) is 18.1 Å². The fraction of sp³-hybridized carbons (Fsp3) is 1.00. The van der Waals surface area contributed by atoms with Gasteiger partial charge >= 0.3 is 0 Å². The van der Waals surface area contributed by atoms with Gasteiger partial charge in [0.05, 0.1) is 6.61 Å². The highest BCUT2D eigenvalue weighted by molar-refractivity contribution is 5.08. The molecule has 1 spiro atoms. The van der Waals surface area contributed by atoms with Gasteiger partial charge in [0.1, 0.15) is 0 Å². The van der Waals surface area contributed by atoms with Crippen molar-refractivity contribution in [3.8, 4) is 0 Å². The lowest BCUT2D eigenvalue weighted by molar-refractivity contribution is 0.251. The number of hydrogen-bond donors (Lipinski definition) is 2. The lowest BCUT2D eigenvalue weighted by Gasteiger charge is -2.05. The highest BCUT2D eigenvalue weighted by atomic mass is 16.3. The van der Waals surface area contributed by atoms with Gasteiger partial charge in [0.25, 0.3) is 0 Å². The highest BCUT2D eigenvalue weighted by Gasteiger charge is 2.55. The molecule has 2 rings (SSSR count). The maximum absolute atomic E-state index is 8.92. The van der Waals surface area contributed by atoms with Crippen molar-refractivity contribution in [1.82, 2.24) is 5.32 Å². The van der Waals surface area contributed by atoms with Gasteiger partial charge in [0, 0.05) is 12.6 Å². The Kier molecular flexibility index (Phi) is 1.69. The smallest absolute Gasteiger partial charge is 0.0584 e. The van der Waals surface area contributed by atoms with E-state index < -0.39 is 0 Å². The zero-order chi connectivity index (χ0) is 7.90. The molecule has 1 saturated carbocycles. The number of rotatable bonds is 2. The monoisotopic (exact) mass is 155 g/mol. The van der Waals surface area contributed by atoms with E-state index in [4.69, 9.17) is 5.11 Å². The second-order valence-corrected chi connectivity index (χ2v) is 4.14. The fourth-order valence-electron chi connectivity index (χ4n) is 2.59. The first-order valence-electron chi connectivity index (χ1n) is 4.65. The average Bonchev–Trinajstić information content (AvgIpc) is 2.53. The summed E-state index contributed by atoms with van der Waals surface area (Å²) in [6.07, 6.45) is 3.93. The summed E-state index contributed by atoms with van der Waals surface area (Å²) in [4.78, 5) is 0. The first-order valence-corrected chi connectivity index (χ1v) is 4.65. The Morgan fingerprint density at radius 2 is 2.36 bits per heavy atom. The minimum absolute atomic E-state index is 0.318. The summed E-state index contributed by atoms with van der Waals surface area (Å²) in [5, 5.41) is 12.3. The van der Waals surface area contributed by atoms with E-state index in [9.17, 15) is 0 Å². The van der Waals surface area contributed by atoms with Crippen LogP contribution in [0.1, 0.15) is 26.2 Å². The molecule has 0 aromatic heterocycles. The van der Waals surface area contributed by atoms with Gasteiger partial charge in [-0.15, -0.1) is 0 Å². The van der Waals surface area contributed by atoms with Crippen LogP contribution in [0, 0.1) is 11.3 Å². The molecule has 0 radical (unpaired) electrons. The van der Waals surface area contributed by atoms with Crippen molar-refractivity contribution in [2.24, 2.45) is 11.3 Å². The van der Waals surface area contributed by atoms with Crippen molar-refractivity contribution in [2.75, 3.05) is 13.2 Å². The molecule has 64 valence electrons. The second kappa shape index (κ2) is 2.46. The predicted octanol–water partition coefficient (Wildman–Crippen LogP) is 0.757. The molecule has 3 atom stereocenters. The maximum Gasteiger partial charge on any atom is 0.0584 e. The first kappa shape index (κ1) is 7.56. The normalized spacial score (nSPS) is 48.5. The Labute approximate surface area is 68.0 Å². The van der Waals surface area contributed by atoms with Crippen LogP contribution in [0.15, 0.2) is 0 Å². The molecule has 1 heterocycles. The Bertz CT molecular complexity index is 156. The second-order valence-electron chi connectivity index (χ2n) is 4.14. The van der Waals surface area contributed by atoms with Gasteiger partial charge in [-0.05, 0) is 24.2 Å². The largest absolute Gasteiger partial charge is 0.395 e. The summed E-state index contributed by atoms with van der Waals surface area (Å²) in [7, 11) is 0. The maximum atomic E-state index is 8.92. The molecule has 2 N–H and O–H groups in total. The molecule has 2 unspecified atom stereocenters. The minimum Gasteiger partial charge on any atom is -0.395 e. The molecule has 0 bridgehead atoms. The van der Waals surface area contributed by atoms with Crippen LogP contribution in [0.2, 0.25) is 0 Å². The zero-order valence-corrected chi connectivity index (χ0v) is 7.14. The lowest BCUT2D eigenvalue weighted by Crippen LogP contribution is -2.24. The van der Waals surface area contributed by atoms with Crippen LogP contribution >= 0.6 is 0 Å². The quantitative estimate of drug-likeness (QED) is 0.617. The summed E-state index contributed by atoms with van der Waals surface area (Å²) >= 11 is 0. The molecule has 0 amide bonds. The van der Waals surface area contributed by atoms with Crippen molar-refractivity contribution in [2.45, 2.75) is 32.2 Å². The Balaban J connectivity index is 1.91. The van der Waals surface area contributed by atoms with Crippen LogP contribution in [-0.4, -0.2) is 24.3 Å². The van der Waals surface area contributed by atoms with Crippen molar-refractivity contribution < 1.29 is 5.11 Å². The van der Waals surface area contributed by atoms with Gasteiger partial charge in [-0.2, -0.15) is 0 Å². The van der Waals surface area contributed by atoms with Gasteiger partial charge in [-0.3, -0.25) is 0 Å². The van der Waals surface area contributed by atoms with Crippen molar-refractivity contribution >= 4 is 0 Å². The van der Waals surface area contributed by atoms with E-state index in [1.165, 1.54) is 19.3 Å². The van der Waals surface area contributed by atoms with Crippen LogP contribution in [0.25, 0.3) is 0 Å². The molecular weight excluding hydrogens is 138 g/mol. The van der Waals surface area contributed by atoms with Gasteiger partial charge in [-0.25, -0.2) is 0 Å². The molecule has 0 aromatic rings. The van der Waals surface area contributed by atoms with Crippen molar-refractivity contribution in [3.63, 3.8) is 0 Å². The molecule has 11 heavy (non-hydrogen) atoms. The third-order valence-electron chi connectivity index (χ3n) is 3.47. The van der Waals surface area contributed by atoms with E-state index in [2.05, 4.69) is 12.2 Å². The van der Waals surface area contributed by atoms with E-state index in [1.807, 2.05) is 0 Å². The Morgan fingerprint density at radius 3 is 2.82 bits per heavy atom. The summed E-state index contributed by atoms with van der Waals surface area (Å²) < 4.78 is 0. The van der Waals surface area contributed by atoms with Crippen LogP contribution in [-0.2, 0) is 0 Å². The molecule has 1 aliphatic heterocycles. The first-order chi connectivity index (χ1) is 5.30. The van der Waals surface area contributed by atoms with E-state index in [1.54, 1.807) is 0 Å². The predicted molar refractivity (Wildman–Crippen MR) is 44.3 cm³/mol. The summed E-state index contributed by atoms with van der Waals surface area (Å²) in [6.45, 7) is 3.74. The zero-order valence-electron chi connectivity index (χ0n) is 7.14. The topological polar surface area (TPSA) is 32.3 Å². The Hall–Kier alpha value is -0.0800. The third-order valence-corrected chi connectivity index (χ3v) is 3.47. The van der Waals surface area contributed by atoms with Crippen LogP contribution in [0.5, 0.6) is 0 Å². The summed E-state index contributed by atoms with van der Waals surface area (Å²) in [5.41, 5.74) is 0.613.